The lowest BCUT2D eigenvalue weighted by Gasteiger charge is -2.25. The predicted octanol–water partition coefficient (Wildman–Crippen LogP) is 3.86. The number of rotatable bonds is 5. The SMILES string of the molecule is O=C(CCS(=O)(=O)C1CCCC1)N1CCCC1c1cccc(Br)c1. The fourth-order valence-corrected chi connectivity index (χ4v) is 6.17. The molecule has 1 aliphatic carbocycles. The molecule has 1 heterocycles. The van der Waals surface area contributed by atoms with Crippen LogP contribution in [-0.2, 0) is 14.6 Å². The van der Waals surface area contributed by atoms with E-state index in [1.807, 2.05) is 29.2 Å². The molecular formula is C18H24BrNO3S. The van der Waals surface area contributed by atoms with E-state index in [1.54, 1.807) is 0 Å². The molecule has 0 N–H and O–H groups in total. The van der Waals surface area contributed by atoms with Gasteiger partial charge in [0.25, 0.3) is 0 Å². The molecule has 1 aliphatic heterocycles. The minimum atomic E-state index is -3.13. The third kappa shape index (κ3) is 4.02. The Morgan fingerprint density at radius 2 is 1.92 bits per heavy atom. The normalized spacial score (nSPS) is 22.2. The van der Waals surface area contributed by atoms with Gasteiger partial charge in [-0.1, -0.05) is 40.9 Å². The number of likely N-dealkylation sites (tertiary alicyclic amines) is 1. The van der Waals surface area contributed by atoms with Crippen molar-refractivity contribution in [2.24, 2.45) is 0 Å². The van der Waals surface area contributed by atoms with Crippen LogP contribution >= 0.6 is 15.9 Å². The second-order valence-corrected chi connectivity index (χ2v) is 10.1. The second-order valence-electron chi connectivity index (χ2n) is 6.82. The van der Waals surface area contributed by atoms with Gasteiger partial charge in [0.2, 0.25) is 5.91 Å². The van der Waals surface area contributed by atoms with Gasteiger partial charge in [0.05, 0.1) is 17.0 Å². The first-order valence-corrected chi connectivity index (χ1v) is 11.2. The van der Waals surface area contributed by atoms with Gasteiger partial charge in [-0.2, -0.15) is 0 Å². The highest BCUT2D eigenvalue weighted by Crippen LogP contribution is 2.34. The van der Waals surface area contributed by atoms with Crippen molar-refractivity contribution in [1.29, 1.82) is 0 Å². The van der Waals surface area contributed by atoms with Gasteiger partial charge < -0.3 is 4.90 Å². The van der Waals surface area contributed by atoms with Crippen LogP contribution in [0.25, 0.3) is 0 Å². The van der Waals surface area contributed by atoms with Crippen LogP contribution in [0.4, 0.5) is 0 Å². The topological polar surface area (TPSA) is 54.5 Å². The zero-order chi connectivity index (χ0) is 17.2. The summed E-state index contributed by atoms with van der Waals surface area (Å²) in [6, 6.07) is 8.11. The average Bonchev–Trinajstić information content (AvgIpc) is 3.24. The first-order chi connectivity index (χ1) is 11.5. The van der Waals surface area contributed by atoms with Crippen LogP contribution in [0.1, 0.15) is 56.6 Å². The zero-order valence-corrected chi connectivity index (χ0v) is 16.2. The molecule has 132 valence electrons. The molecule has 1 unspecified atom stereocenters. The van der Waals surface area contributed by atoms with Crippen molar-refractivity contribution in [3.63, 3.8) is 0 Å². The minimum absolute atomic E-state index is 0.00178. The van der Waals surface area contributed by atoms with Crippen LogP contribution in [0.15, 0.2) is 28.7 Å². The molecule has 4 nitrogen and oxygen atoms in total. The first-order valence-electron chi connectivity index (χ1n) is 8.74. The molecule has 2 fully saturated rings. The number of halogens is 1. The Morgan fingerprint density at radius 3 is 2.62 bits per heavy atom. The lowest BCUT2D eigenvalue weighted by Crippen LogP contribution is -2.33. The van der Waals surface area contributed by atoms with E-state index in [4.69, 9.17) is 0 Å². The summed E-state index contributed by atoms with van der Waals surface area (Å²) in [6.07, 6.45) is 5.55. The third-order valence-electron chi connectivity index (χ3n) is 5.22. The molecular weight excluding hydrogens is 390 g/mol. The summed E-state index contributed by atoms with van der Waals surface area (Å²) in [7, 11) is -3.13. The molecule has 0 aromatic heterocycles. The quantitative estimate of drug-likeness (QED) is 0.735. The van der Waals surface area contributed by atoms with Gasteiger partial charge >= 0.3 is 0 Å². The van der Waals surface area contributed by atoms with Crippen molar-refractivity contribution in [2.75, 3.05) is 12.3 Å². The number of benzene rings is 1. The number of nitrogens with zero attached hydrogens (tertiary/aromatic N) is 1. The molecule has 0 radical (unpaired) electrons. The maximum Gasteiger partial charge on any atom is 0.224 e. The molecule has 1 aromatic carbocycles. The Kier molecular flexibility index (Phi) is 5.65. The summed E-state index contributed by atoms with van der Waals surface area (Å²) in [5, 5.41) is -0.218. The van der Waals surface area contributed by atoms with Crippen LogP contribution in [0.5, 0.6) is 0 Å². The van der Waals surface area contributed by atoms with Gasteiger partial charge in [-0.3, -0.25) is 4.79 Å². The lowest BCUT2D eigenvalue weighted by atomic mass is 10.0. The standard InChI is InChI=1S/C18H24BrNO3S/c19-15-6-3-5-14(13-15)17-9-4-11-20(17)18(21)10-12-24(22,23)16-7-1-2-8-16/h3,5-6,13,16-17H,1-2,4,7-12H2. The van der Waals surface area contributed by atoms with Crippen molar-refractivity contribution in [1.82, 2.24) is 4.90 Å². The zero-order valence-electron chi connectivity index (χ0n) is 13.8. The molecule has 1 atom stereocenters. The number of carbonyl (C=O) groups is 1. The Hall–Kier alpha value is -0.880. The fraction of sp³-hybridized carbons (Fsp3) is 0.611. The highest BCUT2D eigenvalue weighted by atomic mass is 79.9. The van der Waals surface area contributed by atoms with E-state index >= 15 is 0 Å². The summed E-state index contributed by atoms with van der Waals surface area (Å²) < 4.78 is 25.7. The van der Waals surface area contributed by atoms with Gasteiger partial charge in [-0.05, 0) is 43.4 Å². The smallest absolute Gasteiger partial charge is 0.224 e. The van der Waals surface area contributed by atoms with Crippen LogP contribution < -0.4 is 0 Å². The number of sulfone groups is 1. The van der Waals surface area contributed by atoms with E-state index in [9.17, 15) is 13.2 Å². The summed E-state index contributed by atoms with van der Waals surface area (Å²) >= 11 is 3.48. The van der Waals surface area contributed by atoms with Crippen LogP contribution in [0, 0.1) is 0 Å². The molecule has 1 amide bonds. The molecule has 6 heteroatoms. The summed E-state index contributed by atoms with van der Waals surface area (Å²) in [6.45, 7) is 0.722. The lowest BCUT2D eigenvalue weighted by molar-refractivity contribution is -0.131. The summed E-state index contributed by atoms with van der Waals surface area (Å²) in [5.41, 5.74) is 1.12. The minimum Gasteiger partial charge on any atom is -0.336 e. The molecule has 3 rings (SSSR count). The van der Waals surface area contributed by atoms with Gasteiger partial charge in [0.15, 0.2) is 9.84 Å². The van der Waals surface area contributed by atoms with Crippen molar-refractivity contribution < 1.29 is 13.2 Å². The molecule has 0 bridgehead atoms. The second kappa shape index (κ2) is 7.56. The summed E-state index contributed by atoms with van der Waals surface area (Å²) in [5.74, 6) is -0.0304. The molecule has 1 saturated carbocycles. The van der Waals surface area contributed by atoms with E-state index in [0.29, 0.717) is 0 Å². The van der Waals surface area contributed by atoms with Gasteiger partial charge in [0.1, 0.15) is 0 Å². The number of carbonyl (C=O) groups excluding carboxylic acids is 1. The Labute approximate surface area is 152 Å². The summed E-state index contributed by atoms with van der Waals surface area (Å²) in [4.78, 5) is 14.5. The molecule has 1 saturated heterocycles. The Bertz CT molecular complexity index is 698. The van der Waals surface area contributed by atoms with Crippen molar-refractivity contribution >= 4 is 31.7 Å². The van der Waals surface area contributed by atoms with Crippen LogP contribution in [-0.4, -0.2) is 36.8 Å². The average molecular weight is 414 g/mol. The fourth-order valence-electron chi connectivity index (χ4n) is 3.91. The van der Waals surface area contributed by atoms with Gasteiger partial charge in [0, 0.05) is 17.4 Å². The molecule has 1 aromatic rings. The molecule has 0 spiro atoms. The Morgan fingerprint density at radius 1 is 1.17 bits per heavy atom. The van der Waals surface area contributed by atoms with E-state index in [2.05, 4.69) is 15.9 Å². The van der Waals surface area contributed by atoms with E-state index in [-0.39, 0.29) is 29.4 Å². The van der Waals surface area contributed by atoms with Crippen molar-refractivity contribution in [3.8, 4) is 0 Å². The highest BCUT2D eigenvalue weighted by Gasteiger charge is 2.33. The Balaban J connectivity index is 1.63. The first kappa shape index (κ1) is 17.9. The highest BCUT2D eigenvalue weighted by molar-refractivity contribution is 9.10. The predicted molar refractivity (Wildman–Crippen MR) is 98.5 cm³/mol. The maximum atomic E-state index is 12.6. The van der Waals surface area contributed by atoms with Crippen LogP contribution in [0.2, 0.25) is 0 Å². The number of hydrogen-bond acceptors (Lipinski definition) is 3. The van der Waals surface area contributed by atoms with Gasteiger partial charge in [-0.15, -0.1) is 0 Å². The number of hydrogen-bond donors (Lipinski definition) is 0. The molecule has 24 heavy (non-hydrogen) atoms. The van der Waals surface area contributed by atoms with Crippen molar-refractivity contribution in [3.05, 3.63) is 34.3 Å². The van der Waals surface area contributed by atoms with E-state index < -0.39 is 9.84 Å². The maximum absolute atomic E-state index is 12.6. The molecule has 2 aliphatic rings. The van der Waals surface area contributed by atoms with E-state index in [1.165, 1.54) is 0 Å². The van der Waals surface area contributed by atoms with E-state index in [0.717, 1.165) is 55.1 Å². The number of amides is 1. The largest absolute Gasteiger partial charge is 0.336 e. The van der Waals surface area contributed by atoms with Crippen LogP contribution in [0.3, 0.4) is 0 Å². The third-order valence-corrected chi connectivity index (χ3v) is 7.97. The monoisotopic (exact) mass is 413 g/mol. The van der Waals surface area contributed by atoms with Gasteiger partial charge in [-0.25, -0.2) is 8.42 Å². The van der Waals surface area contributed by atoms with Crippen molar-refractivity contribution in [2.45, 2.75) is 56.2 Å².